The highest BCUT2D eigenvalue weighted by atomic mass is 16.5. The number of carbonyl (C=O) groups excluding carboxylic acids is 1. The van der Waals surface area contributed by atoms with E-state index in [1.54, 1.807) is 17.1 Å². The minimum atomic E-state index is -0.133. The van der Waals surface area contributed by atoms with Crippen molar-refractivity contribution in [3.05, 3.63) is 36.6 Å². The van der Waals surface area contributed by atoms with Gasteiger partial charge in [-0.2, -0.15) is 0 Å². The van der Waals surface area contributed by atoms with Gasteiger partial charge in [-0.15, -0.1) is 0 Å². The fourth-order valence-electron chi connectivity index (χ4n) is 1.36. The van der Waals surface area contributed by atoms with E-state index in [9.17, 15) is 4.79 Å². The van der Waals surface area contributed by atoms with Crippen LogP contribution in [0.25, 0.3) is 0 Å². The number of ether oxygens (including phenoxy) is 1. The molecular formula is C12H18N2O2. The number of allylic oxidation sites excluding steroid dienone is 1. The minimum Gasteiger partial charge on any atom is -0.370 e. The normalized spacial score (nSPS) is 19.5. The predicted molar refractivity (Wildman–Crippen MR) is 63.6 cm³/mol. The van der Waals surface area contributed by atoms with Crippen molar-refractivity contribution in [3.8, 4) is 0 Å². The number of nitrogens with two attached hydrogens (primary N) is 1. The third-order valence-electron chi connectivity index (χ3n) is 2.42. The third kappa shape index (κ3) is 3.05. The van der Waals surface area contributed by atoms with Crippen molar-refractivity contribution in [3.63, 3.8) is 0 Å². The Morgan fingerprint density at radius 2 is 2.38 bits per heavy atom. The van der Waals surface area contributed by atoms with Gasteiger partial charge >= 0.3 is 0 Å². The topological polar surface area (TPSA) is 55.6 Å². The van der Waals surface area contributed by atoms with Crippen molar-refractivity contribution in [2.24, 2.45) is 5.73 Å². The standard InChI is InChI=1S/C12H18N2O2/c1-4-11(7-9(2)10(3)13)14-5-6-16-8-12(14)15/h4,7,10H,1-2,5-6,8,13H2,3H3/b11-7+. The molecule has 1 amide bonds. The van der Waals surface area contributed by atoms with E-state index in [1.807, 2.05) is 6.92 Å². The molecule has 1 heterocycles. The molecule has 0 spiro atoms. The van der Waals surface area contributed by atoms with Crippen LogP contribution in [-0.4, -0.2) is 36.6 Å². The molecule has 4 nitrogen and oxygen atoms in total. The lowest BCUT2D eigenvalue weighted by Gasteiger charge is -2.28. The number of carbonyl (C=O) groups is 1. The molecule has 2 N–H and O–H groups in total. The lowest BCUT2D eigenvalue weighted by Crippen LogP contribution is -2.40. The first kappa shape index (κ1) is 12.7. The van der Waals surface area contributed by atoms with Crippen molar-refractivity contribution in [2.75, 3.05) is 19.8 Å². The molecule has 0 aliphatic carbocycles. The SMILES string of the molecule is C=C/C(=C\C(=C)C(C)N)N1CCOCC1=O. The van der Waals surface area contributed by atoms with Gasteiger partial charge in [0, 0.05) is 18.3 Å². The second-order valence-electron chi connectivity index (χ2n) is 3.73. The molecule has 1 fully saturated rings. The molecule has 4 heteroatoms. The summed E-state index contributed by atoms with van der Waals surface area (Å²) >= 11 is 0. The molecule has 0 aromatic heterocycles. The first-order valence-corrected chi connectivity index (χ1v) is 5.23. The van der Waals surface area contributed by atoms with E-state index < -0.39 is 0 Å². The van der Waals surface area contributed by atoms with Gasteiger partial charge in [0.1, 0.15) is 6.61 Å². The van der Waals surface area contributed by atoms with Crippen LogP contribution in [0.1, 0.15) is 6.92 Å². The summed E-state index contributed by atoms with van der Waals surface area (Å²) in [5.74, 6) is -0.0603. The maximum absolute atomic E-state index is 11.6. The molecule has 0 bridgehead atoms. The highest BCUT2D eigenvalue weighted by Crippen LogP contribution is 2.13. The average molecular weight is 222 g/mol. The van der Waals surface area contributed by atoms with Gasteiger partial charge in [-0.1, -0.05) is 13.2 Å². The van der Waals surface area contributed by atoms with Gasteiger partial charge in [-0.25, -0.2) is 0 Å². The average Bonchev–Trinajstić information content (AvgIpc) is 2.26. The first-order valence-electron chi connectivity index (χ1n) is 5.23. The van der Waals surface area contributed by atoms with Gasteiger partial charge in [-0.3, -0.25) is 4.79 Å². The molecule has 1 unspecified atom stereocenters. The predicted octanol–water partition coefficient (Wildman–Crippen LogP) is 0.819. The van der Waals surface area contributed by atoms with Crippen LogP contribution in [0.4, 0.5) is 0 Å². The summed E-state index contributed by atoms with van der Waals surface area (Å²) in [6, 6.07) is -0.133. The van der Waals surface area contributed by atoms with E-state index in [2.05, 4.69) is 13.2 Å². The largest absolute Gasteiger partial charge is 0.370 e. The zero-order valence-electron chi connectivity index (χ0n) is 9.61. The van der Waals surface area contributed by atoms with Crippen LogP contribution in [0.2, 0.25) is 0 Å². The molecular weight excluding hydrogens is 204 g/mol. The summed E-state index contributed by atoms with van der Waals surface area (Å²) in [6.45, 7) is 10.6. The molecule has 1 rings (SSSR count). The number of hydrogen-bond donors (Lipinski definition) is 1. The molecule has 0 radical (unpaired) electrons. The Balaban J connectivity index is 2.84. The fraction of sp³-hybridized carbons (Fsp3) is 0.417. The minimum absolute atomic E-state index is 0.0603. The van der Waals surface area contributed by atoms with E-state index in [1.165, 1.54) is 0 Å². The van der Waals surface area contributed by atoms with Gasteiger partial charge < -0.3 is 15.4 Å². The van der Waals surface area contributed by atoms with E-state index >= 15 is 0 Å². The maximum atomic E-state index is 11.6. The molecule has 1 aliphatic rings. The highest BCUT2D eigenvalue weighted by molar-refractivity contribution is 5.80. The summed E-state index contributed by atoms with van der Waals surface area (Å²) < 4.78 is 5.06. The highest BCUT2D eigenvalue weighted by Gasteiger charge is 2.20. The van der Waals surface area contributed by atoms with Crippen molar-refractivity contribution in [2.45, 2.75) is 13.0 Å². The van der Waals surface area contributed by atoms with Gasteiger partial charge in [0.25, 0.3) is 5.91 Å². The summed E-state index contributed by atoms with van der Waals surface area (Å²) in [7, 11) is 0. The number of morpholine rings is 1. The van der Waals surface area contributed by atoms with Crippen LogP contribution < -0.4 is 5.73 Å². The van der Waals surface area contributed by atoms with E-state index in [-0.39, 0.29) is 18.6 Å². The van der Waals surface area contributed by atoms with Crippen LogP contribution in [0.5, 0.6) is 0 Å². The van der Waals surface area contributed by atoms with Crippen LogP contribution in [0.3, 0.4) is 0 Å². The summed E-state index contributed by atoms with van der Waals surface area (Å²) in [5, 5.41) is 0. The summed E-state index contributed by atoms with van der Waals surface area (Å²) in [4.78, 5) is 13.2. The molecule has 88 valence electrons. The molecule has 16 heavy (non-hydrogen) atoms. The van der Waals surface area contributed by atoms with E-state index in [0.29, 0.717) is 13.2 Å². The van der Waals surface area contributed by atoms with Gasteiger partial charge in [0.05, 0.1) is 6.61 Å². The van der Waals surface area contributed by atoms with Crippen molar-refractivity contribution in [1.82, 2.24) is 4.90 Å². The molecule has 0 aromatic carbocycles. The summed E-state index contributed by atoms with van der Waals surface area (Å²) in [5.41, 5.74) is 7.20. The zero-order chi connectivity index (χ0) is 12.1. The monoisotopic (exact) mass is 222 g/mol. The number of nitrogens with zero attached hydrogens (tertiary/aromatic N) is 1. The Bertz CT molecular complexity index is 332. The van der Waals surface area contributed by atoms with Crippen LogP contribution in [0.15, 0.2) is 36.6 Å². The van der Waals surface area contributed by atoms with Crippen molar-refractivity contribution in [1.29, 1.82) is 0 Å². The Morgan fingerprint density at radius 3 is 2.88 bits per heavy atom. The molecule has 0 saturated carbocycles. The second-order valence-corrected chi connectivity index (χ2v) is 3.73. The van der Waals surface area contributed by atoms with Gasteiger partial charge in [0.15, 0.2) is 0 Å². The van der Waals surface area contributed by atoms with Crippen molar-refractivity contribution >= 4 is 5.91 Å². The quantitative estimate of drug-likeness (QED) is 0.716. The number of hydrogen-bond acceptors (Lipinski definition) is 3. The molecule has 1 saturated heterocycles. The molecule has 1 aliphatic heterocycles. The third-order valence-corrected chi connectivity index (χ3v) is 2.42. The number of amides is 1. The van der Waals surface area contributed by atoms with Crippen molar-refractivity contribution < 1.29 is 9.53 Å². The van der Waals surface area contributed by atoms with Crippen LogP contribution in [0, 0.1) is 0 Å². The second kappa shape index (κ2) is 5.63. The van der Waals surface area contributed by atoms with E-state index in [4.69, 9.17) is 10.5 Å². The summed E-state index contributed by atoms with van der Waals surface area (Å²) in [6.07, 6.45) is 3.43. The smallest absolute Gasteiger partial charge is 0.253 e. The Morgan fingerprint density at radius 1 is 1.69 bits per heavy atom. The van der Waals surface area contributed by atoms with E-state index in [0.717, 1.165) is 11.3 Å². The van der Waals surface area contributed by atoms with Gasteiger partial charge in [0.2, 0.25) is 0 Å². The molecule has 1 atom stereocenters. The maximum Gasteiger partial charge on any atom is 0.253 e. The first-order chi connectivity index (χ1) is 7.56. The van der Waals surface area contributed by atoms with Crippen LogP contribution >= 0.6 is 0 Å². The van der Waals surface area contributed by atoms with Crippen LogP contribution in [-0.2, 0) is 9.53 Å². The fourth-order valence-corrected chi connectivity index (χ4v) is 1.36. The lowest BCUT2D eigenvalue weighted by atomic mass is 10.1. The number of rotatable bonds is 4. The Hall–Kier alpha value is -1.39. The molecule has 0 aromatic rings. The Labute approximate surface area is 96.1 Å². The zero-order valence-corrected chi connectivity index (χ0v) is 9.61. The lowest BCUT2D eigenvalue weighted by molar-refractivity contribution is -0.139. The van der Waals surface area contributed by atoms with Gasteiger partial charge in [-0.05, 0) is 24.6 Å². The Kier molecular flexibility index (Phi) is 4.46.